The van der Waals surface area contributed by atoms with Crippen molar-refractivity contribution in [2.45, 2.75) is 64.1 Å². The third-order valence-corrected chi connectivity index (χ3v) is 6.85. The highest BCUT2D eigenvalue weighted by molar-refractivity contribution is 6.06. The fourth-order valence-electron chi connectivity index (χ4n) is 4.73. The minimum Gasteiger partial charge on any atom is -0.381 e. The van der Waals surface area contributed by atoms with Gasteiger partial charge in [0.1, 0.15) is 0 Å². The largest absolute Gasteiger partial charge is 0.381 e. The second kappa shape index (κ2) is 9.05. The number of rotatable bonds is 6. The SMILES string of the molecule is CCn1ncc2c(NC3CCOCC3)c(C(=O)NC3CCN(C(=O)C4CC4)CC3)cnc21. The van der Waals surface area contributed by atoms with Gasteiger partial charge in [-0.25, -0.2) is 9.67 Å². The molecular formula is C23H32N6O3. The number of fused-ring (bicyclic) bond motifs is 1. The number of piperidine rings is 1. The summed E-state index contributed by atoms with van der Waals surface area (Å²) in [6.07, 6.45) is 8.91. The number of amides is 2. The van der Waals surface area contributed by atoms with E-state index in [4.69, 9.17) is 4.74 Å². The van der Waals surface area contributed by atoms with Crippen LogP contribution in [0.1, 0.15) is 55.8 Å². The molecule has 4 heterocycles. The molecular weight excluding hydrogens is 408 g/mol. The number of nitrogens with zero attached hydrogens (tertiary/aromatic N) is 4. The Bertz CT molecular complexity index is 987. The van der Waals surface area contributed by atoms with Crippen LogP contribution in [0.4, 0.5) is 5.69 Å². The van der Waals surface area contributed by atoms with E-state index in [9.17, 15) is 9.59 Å². The molecule has 3 fully saturated rings. The number of hydrogen-bond acceptors (Lipinski definition) is 6. The summed E-state index contributed by atoms with van der Waals surface area (Å²) in [5.41, 5.74) is 2.14. The molecule has 2 aromatic heterocycles. The van der Waals surface area contributed by atoms with Gasteiger partial charge in [0, 0.05) is 57.0 Å². The van der Waals surface area contributed by atoms with Crippen LogP contribution < -0.4 is 10.6 Å². The summed E-state index contributed by atoms with van der Waals surface area (Å²) in [5, 5.41) is 12.1. The molecule has 9 nitrogen and oxygen atoms in total. The molecule has 1 saturated carbocycles. The van der Waals surface area contributed by atoms with Gasteiger partial charge >= 0.3 is 0 Å². The molecule has 5 rings (SSSR count). The molecule has 2 N–H and O–H groups in total. The first-order valence-corrected chi connectivity index (χ1v) is 11.9. The Labute approximate surface area is 187 Å². The molecule has 172 valence electrons. The quantitative estimate of drug-likeness (QED) is 0.714. The summed E-state index contributed by atoms with van der Waals surface area (Å²) < 4.78 is 7.34. The summed E-state index contributed by atoms with van der Waals surface area (Å²) >= 11 is 0. The number of carbonyl (C=O) groups excluding carboxylic acids is 2. The fourth-order valence-corrected chi connectivity index (χ4v) is 4.73. The molecule has 9 heteroatoms. The zero-order valence-corrected chi connectivity index (χ0v) is 18.7. The zero-order chi connectivity index (χ0) is 22.1. The summed E-state index contributed by atoms with van der Waals surface area (Å²) in [6.45, 7) is 5.62. The summed E-state index contributed by atoms with van der Waals surface area (Å²) in [4.78, 5) is 32.1. The van der Waals surface area contributed by atoms with Crippen molar-refractivity contribution >= 4 is 28.5 Å². The smallest absolute Gasteiger partial charge is 0.255 e. The van der Waals surface area contributed by atoms with E-state index in [2.05, 4.69) is 20.7 Å². The van der Waals surface area contributed by atoms with Gasteiger partial charge in [0.05, 0.1) is 22.8 Å². The molecule has 3 aliphatic rings. The van der Waals surface area contributed by atoms with Gasteiger partial charge in [-0.05, 0) is 45.4 Å². The highest BCUT2D eigenvalue weighted by atomic mass is 16.5. The summed E-state index contributed by atoms with van der Waals surface area (Å²) in [7, 11) is 0. The standard InChI is InChI=1S/C23H32N6O3/c1-2-29-21-18(14-25-29)20(26-17-7-11-32-12-8-17)19(13-24-21)22(30)27-16-5-9-28(10-6-16)23(31)15-3-4-15/h13-17H,2-12H2,1H3,(H,24,26)(H,27,30). The average Bonchev–Trinajstić information content (AvgIpc) is 3.59. The van der Waals surface area contributed by atoms with Gasteiger partial charge in [-0.1, -0.05) is 0 Å². The van der Waals surface area contributed by atoms with E-state index < -0.39 is 0 Å². The number of aryl methyl sites for hydroxylation is 1. The van der Waals surface area contributed by atoms with Gasteiger partial charge in [0.15, 0.2) is 5.65 Å². The second-order valence-electron chi connectivity index (χ2n) is 9.12. The Balaban J connectivity index is 1.32. The topological polar surface area (TPSA) is 101 Å². The van der Waals surface area contributed by atoms with Crippen LogP contribution in [-0.2, 0) is 16.1 Å². The number of pyridine rings is 1. The molecule has 0 atom stereocenters. The van der Waals surface area contributed by atoms with E-state index in [0.717, 1.165) is 75.0 Å². The van der Waals surface area contributed by atoms with Crippen molar-refractivity contribution in [3.63, 3.8) is 0 Å². The van der Waals surface area contributed by atoms with Crippen LogP contribution >= 0.6 is 0 Å². The Morgan fingerprint density at radius 2 is 1.81 bits per heavy atom. The first kappa shape index (κ1) is 21.2. The lowest BCUT2D eigenvalue weighted by atomic mass is 10.0. The van der Waals surface area contributed by atoms with Crippen LogP contribution in [-0.4, -0.2) is 69.9 Å². The number of ether oxygens (including phenoxy) is 1. The van der Waals surface area contributed by atoms with Crippen molar-refractivity contribution < 1.29 is 14.3 Å². The van der Waals surface area contributed by atoms with Crippen molar-refractivity contribution in [1.82, 2.24) is 25.0 Å². The lowest BCUT2D eigenvalue weighted by Gasteiger charge is -2.32. The third kappa shape index (κ3) is 4.30. The maximum Gasteiger partial charge on any atom is 0.255 e. The molecule has 0 aromatic carbocycles. The third-order valence-electron chi connectivity index (χ3n) is 6.85. The molecule has 1 aliphatic carbocycles. The molecule has 0 radical (unpaired) electrons. The number of likely N-dealkylation sites (tertiary alicyclic amines) is 1. The average molecular weight is 441 g/mol. The van der Waals surface area contributed by atoms with Crippen LogP contribution in [0.5, 0.6) is 0 Å². The Morgan fingerprint density at radius 1 is 1.06 bits per heavy atom. The van der Waals surface area contributed by atoms with Crippen molar-refractivity contribution in [2.75, 3.05) is 31.6 Å². The lowest BCUT2D eigenvalue weighted by molar-refractivity contribution is -0.133. The predicted octanol–water partition coefficient (Wildman–Crippen LogP) is 2.17. The fraction of sp³-hybridized carbons (Fsp3) is 0.652. The monoisotopic (exact) mass is 440 g/mol. The zero-order valence-electron chi connectivity index (χ0n) is 18.7. The summed E-state index contributed by atoms with van der Waals surface area (Å²) in [5.74, 6) is 0.423. The van der Waals surface area contributed by atoms with Crippen LogP contribution in [0.2, 0.25) is 0 Å². The van der Waals surface area contributed by atoms with E-state index in [1.807, 2.05) is 16.5 Å². The maximum absolute atomic E-state index is 13.3. The molecule has 2 saturated heterocycles. The maximum atomic E-state index is 13.3. The lowest BCUT2D eigenvalue weighted by Crippen LogP contribution is -2.47. The Hall–Kier alpha value is -2.68. The number of carbonyl (C=O) groups is 2. The van der Waals surface area contributed by atoms with Crippen molar-refractivity contribution in [3.05, 3.63) is 18.0 Å². The van der Waals surface area contributed by atoms with E-state index in [1.165, 1.54) is 0 Å². The van der Waals surface area contributed by atoms with Crippen molar-refractivity contribution in [2.24, 2.45) is 5.92 Å². The molecule has 2 aromatic rings. The van der Waals surface area contributed by atoms with Crippen LogP contribution in [0.25, 0.3) is 11.0 Å². The van der Waals surface area contributed by atoms with E-state index in [0.29, 0.717) is 24.6 Å². The molecule has 2 aliphatic heterocycles. The van der Waals surface area contributed by atoms with Gasteiger partial charge in [0.25, 0.3) is 5.91 Å². The number of aromatic nitrogens is 3. The van der Waals surface area contributed by atoms with Gasteiger partial charge in [0.2, 0.25) is 5.91 Å². The summed E-state index contributed by atoms with van der Waals surface area (Å²) in [6, 6.07) is 0.318. The molecule has 0 unspecified atom stereocenters. The van der Waals surface area contributed by atoms with Gasteiger partial charge in [-0.2, -0.15) is 5.10 Å². The van der Waals surface area contributed by atoms with Gasteiger partial charge in [-0.3, -0.25) is 9.59 Å². The molecule has 0 spiro atoms. The van der Waals surface area contributed by atoms with Crippen LogP contribution in [0, 0.1) is 5.92 Å². The van der Waals surface area contributed by atoms with Gasteiger partial charge in [-0.15, -0.1) is 0 Å². The first-order valence-electron chi connectivity index (χ1n) is 11.9. The Kier molecular flexibility index (Phi) is 5.99. The highest BCUT2D eigenvalue weighted by Gasteiger charge is 2.35. The van der Waals surface area contributed by atoms with Crippen LogP contribution in [0.3, 0.4) is 0 Å². The number of hydrogen-bond donors (Lipinski definition) is 2. The number of nitrogens with one attached hydrogen (secondary N) is 2. The second-order valence-corrected chi connectivity index (χ2v) is 9.12. The Morgan fingerprint density at radius 3 is 2.50 bits per heavy atom. The molecule has 2 amide bonds. The van der Waals surface area contributed by atoms with Crippen molar-refractivity contribution in [3.8, 4) is 0 Å². The highest BCUT2D eigenvalue weighted by Crippen LogP contribution is 2.32. The van der Waals surface area contributed by atoms with E-state index >= 15 is 0 Å². The van der Waals surface area contributed by atoms with Gasteiger partial charge < -0.3 is 20.3 Å². The minimum atomic E-state index is -0.120. The molecule has 32 heavy (non-hydrogen) atoms. The number of anilines is 1. The van der Waals surface area contributed by atoms with E-state index in [1.54, 1.807) is 12.4 Å². The normalized spacial score (nSPS) is 20.5. The molecule has 0 bridgehead atoms. The first-order chi connectivity index (χ1) is 15.6. The van der Waals surface area contributed by atoms with E-state index in [-0.39, 0.29) is 23.9 Å². The predicted molar refractivity (Wildman–Crippen MR) is 120 cm³/mol. The van der Waals surface area contributed by atoms with Crippen molar-refractivity contribution in [1.29, 1.82) is 0 Å². The minimum absolute atomic E-state index is 0.0655. The van der Waals surface area contributed by atoms with Crippen LogP contribution in [0.15, 0.2) is 12.4 Å².